The van der Waals surface area contributed by atoms with Crippen molar-refractivity contribution in [2.45, 2.75) is 30.7 Å². The molecule has 1 N–H and O–H groups in total. The monoisotopic (exact) mass is 354 g/mol. The third-order valence-electron chi connectivity index (χ3n) is 3.90. The van der Waals surface area contributed by atoms with Gasteiger partial charge in [0.2, 0.25) is 10.0 Å². The van der Waals surface area contributed by atoms with Crippen molar-refractivity contribution < 1.29 is 22.7 Å². The molecule has 1 atom stereocenters. The second kappa shape index (κ2) is 7.31. The molecule has 24 heavy (non-hydrogen) atoms. The van der Waals surface area contributed by atoms with Gasteiger partial charge in [-0.3, -0.25) is 4.79 Å². The standard InChI is InChI=1S/C16H22N2O5S/c1-11(12-7-8-12)17-15(19)10-23-16(20)13-5-4-6-14(9-13)24(21,22)18(2)3/h4-6,9,11-12H,7-8,10H2,1-3H3,(H,17,19)/t11-/m1/s1. The number of esters is 1. The molecule has 0 heterocycles. The number of benzene rings is 1. The van der Waals surface area contributed by atoms with E-state index < -0.39 is 16.0 Å². The predicted molar refractivity (Wildman–Crippen MR) is 87.9 cm³/mol. The van der Waals surface area contributed by atoms with Gasteiger partial charge in [-0.1, -0.05) is 6.07 Å². The van der Waals surface area contributed by atoms with Gasteiger partial charge in [0.1, 0.15) is 0 Å². The molecule has 1 fully saturated rings. The molecule has 1 aliphatic carbocycles. The topological polar surface area (TPSA) is 92.8 Å². The lowest BCUT2D eigenvalue weighted by atomic mass is 10.2. The molecule has 0 radical (unpaired) electrons. The van der Waals surface area contributed by atoms with Gasteiger partial charge >= 0.3 is 5.97 Å². The third kappa shape index (κ3) is 4.55. The van der Waals surface area contributed by atoms with Crippen molar-refractivity contribution in [2.75, 3.05) is 20.7 Å². The van der Waals surface area contributed by atoms with Crippen molar-refractivity contribution >= 4 is 21.9 Å². The first-order valence-corrected chi connectivity index (χ1v) is 9.15. The highest BCUT2D eigenvalue weighted by Crippen LogP contribution is 2.32. The number of amides is 1. The van der Waals surface area contributed by atoms with Crippen molar-refractivity contribution in [1.82, 2.24) is 9.62 Å². The Morgan fingerprint density at radius 1 is 1.33 bits per heavy atom. The molecule has 0 aliphatic heterocycles. The number of nitrogens with zero attached hydrogens (tertiary/aromatic N) is 1. The number of sulfonamides is 1. The lowest BCUT2D eigenvalue weighted by Gasteiger charge is -2.13. The van der Waals surface area contributed by atoms with Gasteiger partial charge in [0.15, 0.2) is 6.61 Å². The molecule has 1 saturated carbocycles. The summed E-state index contributed by atoms with van der Waals surface area (Å²) in [5, 5.41) is 2.78. The van der Waals surface area contributed by atoms with Gasteiger partial charge in [-0.05, 0) is 43.9 Å². The summed E-state index contributed by atoms with van der Waals surface area (Å²) in [6.45, 7) is 1.54. The molecule has 7 nitrogen and oxygen atoms in total. The highest BCUT2D eigenvalue weighted by atomic mass is 32.2. The van der Waals surface area contributed by atoms with Crippen LogP contribution < -0.4 is 5.32 Å². The van der Waals surface area contributed by atoms with Crippen LogP contribution in [0.4, 0.5) is 0 Å². The van der Waals surface area contributed by atoms with E-state index in [4.69, 9.17) is 4.74 Å². The van der Waals surface area contributed by atoms with Crippen LogP contribution in [0.5, 0.6) is 0 Å². The van der Waals surface area contributed by atoms with Gasteiger partial charge in [0.05, 0.1) is 10.5 Å². The Hall–Kier alpha value is -1.93. The number of hydrogen-bond donors (Lipinski definition) is 1. The van der Waals surface area contributed by atoms with Crippen LogP contribution in [0.1, 0.15) is 30.1 Å². The van der Waals surface area contributed by atoms with Gasteiger partial charge < -0.3 is 10.1 Å². The van der Waals surface area contributed by atoms with Crippen molar-refractivity contribution in [3.8, 4) is 0 Å². The Kier molecular flexibility index (Phi) is 5.61. The molecule has 0 aromatic heterocycles. The van der Waals surface area contributed by atoms with E-state index in [1.165, 1.54) is 38.4 Å². The molecular weight excluding hydrogens is 332 g/mol. The summed E-state index contributed by atoms with van der Waals surface area (Å²) in [6.07, 6.45) is 2.21. The first-order chi connectivity index (χ1) is 11.2. The Bertz CT molecular complexity index is 726. The van der Waals surface area contributed by atoms with Crippen LogP contribution in [0.15, 0.2) is 29.2 Å². The van der Waals surface area contributed by atoms with E-state index in [0.29, 0.717) is 5.92 Å². The summed E-state index contributed by atoms with van der Waals surface area (Å²) in [7, 11) is -0.820. The SMILES string of the molecule is C[C@@H](NC(=O)COC(=O)c1cccc(S(=O)(=O)N(C)C)c1)C1CC1. The maximum atomic E-state index is 12.1. The highest BCUT2D eigenvalue weighted by molar-refractivity contribution is 7.89. The predicted octanol–water partition coefficient (Wildman–Crippen LogP) is 1.01. The average molecular weight is 354 g/mol. The van der Waals surface area contributed by atoms with Crippen LogP contribution in [0.25, 0.3) is 0 Å². The van der Waals surface area contributed by atoms with Crippen LogP contribution in [-0.2, 0) is 19.6 Å². The molecule has 1 amide bonds. The smallest absolute Gasteiger partial charge is 0.338 e. The van der Waals surface area contributed by atoms with Gasteiger partial charge in [-0.25, -0.2) is 17.5 Å². The zero-order valence-electron chi connectivity index (χ0n) is 14.0. The summed E-state index contributed by atoms with van der Waals surface area (Å²) in [4.78, 5) is 23.8. The molecule has 132 valence electrons. The third-order valence-corrected chi connectivity index (χ3v) is 5.71. The molecule has 8 heteroatoms. The minimum absolute atomic E-state index is 0.00578. The van der Waals surface area contributed by atoms with Crippen LogP contribution in [0.3, 0.4) is 0 Å². The number of carbonyl (C=O) groups excluding carboxylic acids is 2. The molecule has 0 bridgehead atoms. The van der Waals surface area contributed by atoms with Crippen LogP contribution in [0, 0.1) is 5.92 Å². The van der Waals surface area contributed by atoms with Crippen LogP contribution in [-0.4, -0.2) is 51.3 Å². The number of rotatable bonds is 7. The fraction of sp³-hybridized carbons (Fsp3) is 0.500. The first-order valence-electron chi connectivity index (χ1n) is 7.71. The van der Waals surface area contributed by atoms with E-state index in [1.807, 2.05) is 6.92 Å². The summed E-state index contributed by atoms with van der Waals surface area (Å²) in [5.41, 5.74) is 0.0842. The molecule has 0 spiro atoms. The van der Waals surface area contributed by atoms with Crippen LogP contribution in [0.2, 0.25) is 0 Å². The Balaban J connectivity index is 1.96. The molecule has 2 rings (SSSR count). The molecule has 0 unspecified atom stereocenters. The number of ether oxygens (including phenoxy) is 1. The van der Waals surface area contributed by atoms with Gasteiger partial charge in [-0.15, -0.1) is 0 Å². The maximum Gasteiger partial charge on any atom is 0.338 e. The quantitative estimate of drug-likeness (QED) is 0.738. The van der Waals surface area contributed by atoms with Crippen molar-refractivity contribution in [3.63, 3.8) is 0 Å². The largest absolute Gasteiger partial charge is 0.452 e. The molecule has 1 aromatic carbocycles. The average Bonchev–Trinajstić information content (AvgIpc) is 3.37. The number of carbonyl (C=O) groups is 2. The molecular formula is C16H22N2O5S. The van der Waals surface area contributed by atoms with E-state index in [0.717, 1.165) is 17.1 Å². The van der Waals surface area contributed by atoms with E-state index >= 15 is 0 Å². The summed E-state index contributed by atoms with van der Waals surface area (Å²) >= 11 is 0. The van der Waals surface area contributed by atoms with E-state index in [9.17, 15) is 18.0 Å². The minimum atomic E-state index is -3.64. The lowest BCUT2D eigenvalue weighted by molar-refractivity contribution is -0.124. The number of hydrogen-bond acceptors (Lipinski definition) is 5. The fourth-order valence-corrected chi connectivity index (χ4v) is 3.17. The molecule has 0 saturated heterocycles. The van der Waals surface area contributed by atoms with Crippen molar-refractivity contribution in [1.29, 1.82) is 0 Å². The second-order valence-electron chi connectivity index (χ2n) is 6.09. The number of nitrogens with one attached hydrogen (secondary N) is 1. The summed E-state index contributed by atoms with van der Waals surface area (Å²) in [5.74, 6) is -0.586. The van der Waals surface area contributed by atoms with Crippen molar-refractivity contribution in [2.24, 2.45) is 5.92 Å². The van der Waals surface area contributed by atoms with E-state index in [1.54, 1.807) is 0 Å². The molecule has 1 aliphatic rings. The van der Waals surface area contributed by atoms with E-state index in [2.05, 4.69) is 5.32 Å². The van der Waals surface area contributed by atoms with Gasteiger partial charge in [0.25, 0.3) is 5.91 Å². The van der Waals surface area contributed by atoms with Gasteiger partial charge in [0, 0.05) is 20.1 Å². The second-order valence-corrected chi connectivity index (χ2v) is 8.24. The summed E-state index contributed by atoms with van der Waals surface area (Å²) < 4.78 is 30.2. The Labute approximate surface area is 142 Å². The zero-order valence-corrected chi connectivity index (χ0v) is 14.8. The van der Waals surface area contributed by atoms with Crippen molar-refractivity contribution in [3.05, 3.63) is 29.8 Å². The van der Waals surface area contributed by atoms with E-state index in [-0.39, 0.29) is 29.0 Å². The van der Waals surface area contributed by atoms with Crippen LogP contribution >= 0.6 is 0 Å². The first kappa shape index (κ1) is 18.4. The minimum Gasteiger partial charge on any atom is -0.452 e. The normalized spacial score (nSPS) is 15.8. The maximum absolute atomic E-state index is 12.1. The van der Waals surface area contributed by atoms with Gasteiger partial charge in [-0.2, -0.15) is 0 Å². The highest BCUT2D eigenvalue weighted by Gasteiger charge is 2.29. The Morgan fingerprint density at radius 3 is 2.58 bits per heavy atom. The Morgan fingerprint density at radius 2 is 2.00 bits per heavy atom. The zero-order chi connectivity index (χ0) is 17.9. The molecule has 1 aromatic rings. The summed E-state index contributed by atoms with van der Waals surface area (Å²) in [6, 6.07) is 5.62. The lowest BCUT2D eigenvalue weighted by Crippen LogP contribution is -2.37. The fourth-order valence-electron chi connectivity index (χ4n) is 2.22.